The van der Waals surface area contributed by atoms with Crippen LogP contribution in [0.15, 0.2) is 0 Å². The second-order valence-corrected chi connectivity index (χ2v) is 6.02. The maximum atomic E-state index is 11.3. The van der Waals surface area contributed by atoms with Crippen molar-refractivity contribution in [3.05, 3.63) is 0 Å². The number of rotatable bonds is 0. The van der Waals surface area contributed by atoms with E-state index in [-0.39, 0.29) is 0 Å². The molecule has 0 aromatic heterocycles. The van der Waals surface area contributed by atoms with Crippen molar-refractivity contribution >= 4 is 9.84 Å². The summed E-state index contributed by atoms with van der Waals surface area (Å²) in [5.74, 6) is 1.53. The summed E-state index contributed by atoms with van der Waals surface area (Å²) >= 11 is 0. The summed E-state index contributed by atoms with van der Waals surface area (Å²) in [4.78, 5) is 0. The SMILES string of the molecule is CC1CCC(C)CS(=O)(=O)C1. The summed E-state index contributed by atoms with van der Waals surface area (Å²) in [6.45, 7) is 4.05. The third-order valence-electron chi connectivity index (χ3n) is 2.23. The highest BCUT2D eigenvalue weighted by atomic mass is 32.2. The molecular weight excluding hydrogens is 160 g/mol. The molecule has 1 aliphatic rings. The number of hydrogen-bond acceptors (Lipinski definition) is 2. The highest BCUT2D eigenvalue weighted by Crippen LogP contribution is 2.21. The van der Waals surface area contributed by atoms with Crippen molar-refractivity contribution in [2.45, 2.75) is 26.7 Å². The molecule has 2 nitrogen and oxygen atoms in total. The Morgan fingerprint density at radius 2 is 1.36 bits per heavy atom. The molecule has 1 heterocycles. The molecule has 0 bridgehead atoms. The Bertz CT molecular complexity index is 200. The molecule has 0 spiro atoms. The van der Waals surface area contributed by atoms with Crippen molar-refractivity contribution in [1.29, 1.82) is 0 Å². The van der Waals surface area contributed by atoms with Crippen molar-refractivity contribution in [2.24, 2.45) is 11.8 Å². The van der Waals surface area contributed by atoms with Crippen molar-refractivity contribution in [3.63, 3.8) is 0 Å². The fraction of sp³-hybridized carbons (Fsp3) is 1.00. The smallest absolute Gasteiger partial charge is 0.150 e. The van der Waals surface area contributed by atoms with Crippen LogP contribution >= 0.6 is 0 Å². The lowest BCUT2D eigenvalue weighted by atomic mass is 10.0. The third kappa shape index (κ3) is 2.81. The third-order valence-corrected chi connectivity index (χ3v) is 4.38. The predicted octanol–water partition coefficient (Wildman–Crippen LogP) is 1.47. The van der Waals surface area contributed by atoms with Gasteiger partial charge in [-0.2, -0.15) is 0 Å². The monoisotopic (exact) mass is 176 g/mol. The van der Waals surface area contributed by atoms with Gasteiger partial charge in [0.05, 0.1) is 11.5 Å². The molecule has 1 saturated heterocycles. The minimum Gasteiger partial charge on any atom is -0.229 e. The van der Waals surface area contributed by atoms with E-state index in [9.17, 15) is 8.42 Å². The van der Waals surface area contributed by atoms with Gasteiger partial charge in [0.15, 0.2) is 9.84 Å². The predicted molar refractivity (Wildman–Crippen MR) is 46.2 cm³/mol. The quantitative estimate of drug-likeness (QED) is 0.560. The van der Waals surface area contributed by atoms with Crippen LogP contribution in [0.2, 0.25) is 0 Å². The summed E-state index contributed by atoms with van der Waals surface area (Å²) in [5, 5.41) is 0. The van der Waals surface area contributed by atoms with Crippen LogP contribution in [0.5, 0.6) is 0 Å². The largest absolute Gasteiger partial charge is 0.229 e. The van der Waals surface area contributed by atoms with E-state index in [1.54, 1.807) is 0 Å². The van der Waals surface area contributed by atoms with Gasteiger partial charge in [-0.1, -0.05) is 13.8 Å². The molecule has 0 radical (unpaired) electrons. The van der Waals surface area contributed by atoms with Crippen LogP contribution < -0.4 is 0 Å². The van der Waals surface area contributed by atoms with Crippen LogP contribution in [-0.4, -0.2) is 19.9 Å². The zero-order valence-electron chi connectivity index (χ0n) is 7.21. The lowest BCUT2D eigenvalue weighted by Gasteiger charge is -2.03. The minimum absolute atomic E-state index is 0.366. The fourth-order valence-electron chi connectivity index (χ4n) is 1.67. The summed E-state index contributed by atoms with van der Waals surface area (Å²) < 4.78 is 22.6. The lowest BCUT2D eigenvalue weighted by Crippen LogP contribution is -2.15. The molecule has 0 amide bonds. The van der Waals surface area contributed by atoms with E-state index >= 15 is 0 Å². The van der Waals surface area contributed by atoms with E-state index in [2.05, 4.69) is 0 Å². The van der Waals surface area contributed by atoms with Gasteiger partial charge in [-0.15, -0.1) is 0 Å². The molecular formula is C8H16O2S. The maximum absolute atomic E-state index is 11.3. The zero-order chi connectivity index (χ0) is 8.48. The molecule has 1 aliphatic heterocycles. The number of hydrogen-bond donors (Lipinski definition) is 0. The lowest BCUT2D eigenvalue weighted by molar-refractivity contribution is 0.498. The van der Waals surface area contributed by atoms with Crippen molar-refractivity contribution in [1.82, 2.24) is 0 Å². The average Bonchev–Trinajstić information content (AvgIpc) is 1.89. The van der Waals surface area contributed by atoms with Crippen LogP contribution in [0.25, 0.3) is 0 Å². The molecule has 11 heavy (non-hydrogen) atoms. The maximum Gasteiger partial charge on any atom is 0.150 e. The first kappa shape index (κ1) is 9.04. The van der Waals surface area contributed by atoms with Crippen molar-refractivity contribution in [2.75, 3.05) is 11.5 Å². The van der Waals surface area contributed by atoms with E-state index in [1.807, 2.05) is 13.8 Å². The Morgan fingerprint density at radius 1 is 1.00 bits per heavy atom. The first-order chi connectivity index (χ1) is 4.99. The molecule has 1 rings (SSSR count). The van der Waals surface area contributed by atoms with E-state index < -0.39 is 9.84 Å². The van der Waals surface area contributed by atoms with Gasteiger partial charge in [-0.05, 0) is 24.7 Å². The standard InChI is InChI=1S/C8H16O2S/c1-7-3-4-8(2)6-11(9,10)5-7/h7-8H,3-6H2,1-2H3. The zero-order valence-corrected chi connectivity index (χ0v) is 8.02. The van der Waals surface area contributed by atoms with Crippen LogP contribution in [-0.2, 0) is 9.84 Å². The Hall–Kier alpha value is -0.0500. The van der Waals surface area contributed by atoms with Crippen LogP contribution in [0.1, 0.15) is 26.7 Å². The van der Waals surface area contributed by atoms with Gasteiger partial charge in [-0.3, -0.25) is 0 Å². The van der Waals surface area contributed by atoms with Crippen LogP contribution in [0, 0.1) is 11.8 Å². The van der Waals surface area contributed by atoms with E-state index in [4.69, 9.17) is 0 Å². The summed E-state index contributed by atoms with van der Waals surface area (Å²) in [7, 11) is -2.72. The topological polar surface area (TPSA) is 34.1 Å². The van der Waals surface area contributed by atoms with E-state index in [0.29, 0.717) is 23.3 Å². The molecule has 0 N–H and O–H groups in total. The second-order valence-electron chi connectivity index (χ2n) is 3.86. The van der Waals surface area contributed by atoms with Gasteiger partial charge in [0, 0.05) is 0 Å². The molecule has 2 unspecified atom stereocenters. The first-order valence-electron chi connectivity index (χ1n) is 4.20. The molecule has 0 saturated carbocycles. The summed E-state index contributed by atoms with van der Waals surface area (Å²) in [6, 6.07) is 0. The molecule has 66 valence electrons. The van der Waals surface area contributed by atoms with Gasteiger partial charge in [-0.25, -0.2) is 8.42 Å². The van der Waals surface area contributed by atoms with Gasteiger partial charge >= 0.3 is 0 Å². The van der Waals surface area contributed by atoms with Gasteiger partial charge in [0.25, 0.3) is 0 Å². The van der Waals surface area contributed by atoms with Gasteiger partial charge in [0.1, 0.15) is 0 Å². The Kier molecular flexibility index (Phi) is 2.58. The fourth-order valence-corrected chi connectivity index (χ4v) is 3.87. The highest BCUT2D eigenvalue weighted by Gasteiger charge is 2.23. The molecule has 2 atom stereocenters. The first-order valence-corrected chi connectivity index (χ1v) is 6.02. The molecule has 0 aliphatic carbocycles. The van der Waals surface area contributed by atoms with Crippen LogP contribution in [0.4, 0.5) is 0 Å². The van der Waals surface area contributed by atoms with Crippen LogP contribution in [0.3, 0.4) is 0 Å². The Morgan fingerprint density at radius 3 is 1.73 bits per heavy atom. The average molecular weight is 176 g/mol. The summed E-state index contributed by atoms with van der Waals surface area (Å²) in [5.41, 5.74) is 0. The minimum atomic E-state index is -2.72. The van der Waals surface area contributed by atoms with Crippen molar-refractivity contribution in [3.8, 4) is 0 Å². The molecule has 1 fully saturated rings. The Balaban J connectivity index is 2.71. The molecule has 3 heteroatoms. The van der Waals surface area contributed by atoms with E-state index in [0.717, 1.165) is 12.8 Å². The molecule has 0 aromatic carbocycles. The van der Waals surface area contributed by atoms with E-state index in [1.165, 1.54) is 0 Å². The van der Waals surface area contributed by atoms with Gasteiger partial charge in [0.2, 0.25) is 0 Å². The normalized spacial score (nSPS) is 38.0. The highest BCUT2D eigenvalue weighted by molar-refractivity contribution is 7.91. The number of sulfone groups is 1. The molecule has 0 aromatic rings. The van der Waals surface area contributed by atoms with Gasteiger partial charge < -0.3 is 0 Å². The summed E-state index contributed by atoms with van der Waals surface area (Å²) in [6.07, 6.45) is 2.14. The Labute approximate surface area is 68.9 Å². The second kappa shape index (κ2) is 3.13. The van der Waals surface area contributed by atoms with Crippen molar-refractivity contribution < 1.29 is 8.42 Å².